The fraction of sp³-hybridized carbons (Fsp3) is 0.600. The molecule has 0 amide bonds. The van der Waals surface area contributed by atoms with Gasteiger partial charge in [-0.2, -0.15) is 0 Å². The number of carboxylic acid groups (broad SMARTS) is 1. The van der Waals surface area contributed by atoms with Crippen LogP contribution in [-0.2, 0) is 25.3 Å². The van der Waals surface area contributed by atoms with Crippen molar-refractivity contribution in [3.8, 4) is 0 Å². The van der Waals surface area contributed by atoms with Crippen molar-refractivity contribution in [2.24, 2.45) is 14.1 Å². The van der Waals surface area contributed by atoms with Crippen molar-refractivity contribution in [2.75, 3.05) is 19.0 Å². The minimum absolute atomic E-state index is 0.0516. The van der Waals surface area contributed by atoms with Crippen molar-refractivity contribution in [2.45, 2.75) is 13.3 Å². The average Bonchev–Trinajstić information content (AvgIpc) is 2.29. The summed E-state index contributed by atoms with van der Waals surface area (Å²) in [6, 6.07) is 0. The molecule has 15 heavy (non-hydrogen) atoms. The summed E-state index contributed by atoms with van der Waals surface area (Å²) in [4.78, 5) is 12.6. The number of hydrogen-bond donors (Lipinski definition) is 0. The highest BCUT2D eigenvalue weighted by Gasteiger charge is 2.23. The molecule has 0 aliphatic heterocycles. The molecule has 0 aromatic carbocycles. The number of hydrogen-bond acceptors (Lipinski definition) is 3. The first kappa shape index (κ1) is 11.6. The SMILES string of the molecule is Cc1c(CC(=O)[O-])[n+](C)c(N(C)C)n1C. The van der Waals surface area contributed by atoms with Crippen molar-refractivity contribution in [1.82, 2.24) is 4.57 Å². The van der Waals surface area contributed by atoms with Crippen molar-refractivity contribution < 1.29 is 14.5 Å². The van der Waals surface area contributed by atoms with E-state index in [-0.39, 0.29) is 6.42 Å². The van der Waals surface area contributed by atoms with E-state index < -0.39 is 5.97 Å². The number of anilines is 1. The lowest BCUT2D eigenvalue weighted by atomic mass is 10.2. The highest BCUT2D eigenvalue weighted by molar-refractivity contribution is 5.67. The largest absolute Gasteiger partial charge is 0.550 e. The van der Waals surface area contributed by atoms with Gasteiger partial charge in [-0.15, -0.1) is 0 Å². The van der Waals surface area contributed by atoms with Gasteiger partial charge in [0.1, 0.15) is 11.4 Å². The number of aliphatic carboxylic acids is 1. The van der Waals surface area contributed by atoms with E-state index in [4.69, 9.17) is 0 Å². The molecule has 5 heteroatoms. The van der Waals surface area contributed by atoms with Crippen LogP contribution in [0.15, 0.2) is 0 Å². The molecule has 0 bridgehead atoms. The fourth-order valence-corrected chi connectivity index (χ4v) is 1.92. The zero-order valence-corrected chi connectivity index (χ0v) is 9.87. The molecule has 0 fully saturated rings. The summed E-state index contributed by atoms with van der Waals surface area (Å²) in [5, 5.41) is 10.6. The second-order valence-electron chi connectivity index (χ2n) is 3.89. The Kier molecular flexibility index (Phi) is 3.02. The third-order valence-electron chi connectivity index (χ3n) is 2.64. The number of aromatic nitrogens is 2. The number of nitrogens with zero attached hydrogens (tertiary/aromatic N) is 3. The topological polar surface area (TPSA) is 52.2 Å². The van der Waals surface area contributed by atoms with E-state index >= 15 is 0 Å². The van der Waals surface area contributed by atoms with Crippen molar-refractivity contribution in [3.05, 3.63) is 11.4 Å². The standard InChI is InChI=1S/C10H17N3O2/c1-7-8(6-9(14)15)13(5)10(11(2)3)12(7)4/h6H2,1-5H3. The van der Waals surface area contributed by atoms with Crippen LogP contribution in [0, 0.1) is 6.92 Å². The molecular formula is C10H17N3O2. The van der Waals surface area contributed by atoms with Gasteiger partial charge in [-0.3, -0.25) is 4.90 Å². The van der Waals surface area contributed by atoms with E-state index in [0.29, 0.717) is 0 Å². The van der Waals surface area contributed by atoms with Gasteiger partial charge in [-0.1, -0.05) is 0 Å². The maximum Gasteiger partial charge on any atom is 0.359 e. The molecule has 0 spiro atoms. The molecule has 0 aliphatic carbocycles. The van der Waals surface area contributed by atoms with Crippen LogP contribution < -0.4 is 14.6 Å². The monoisotopic (exact) mass is 211 g/mol. The third kappa shape index (κ3) is 1.95. The lowest BCUT2D eigenvalue weighted by molar-refractivity contribution is -0.665. The lowest BCUT2D eigenvalue weighted by Crippen LogP contribution is -2.40. The summed E-state index contributed by atoms with van der Waals surface area (Å²) in [6.07, 6.45) is -0.0516. The number of carbonyl (C=O) groups excluding carboxylic acids is 1. The smallest absolute Gasteiger partial charge is 0.359 e. The normalized spacial score (nSPS) is 10.5. The van der Waals surface area contributed by atoms with Crippen molar-refractivity contribution in [1.29, 1.82) is 0 Å². The minimum atomic E-state index is -1.05. The van der Waals surface area contributed by atoms with Gasteiger partial charge < -0.3 is 9.90 Å². The van der Waals surface area contributed by atoms with Crippen LogP contribution in [0.1, 0.15) is 11.4 Å². The van der Waals surface area contributed by atoms with Crippen LogP contribution in [0.25, 0.3) is 0 Å². The van der Waals surface area contributed by atoms with Gasteiger partial charge in [0.05, 0.1) is 28.2 Å². The predicted molar refractivity (Wildman–Crippen MR) is 54.4 cm³/mol. The maximum atomic E-state index is 10.6. The zero-order chi connectivity index (χ0) is 11.7. The second-order valence-corrected chi connectivity index (χ2v) is 3.89. The van der Waals surface area contributed by atoms with Crippen LogP contribution in [0.5, 0.6) is 0 Å². The number of rotatable bonds is 3. The molecule has 5 nitrogen and oxygen atoms in total. The van der Waals surface area contributed by atoms with E-state index in [1.807, 2.05) is 49.1 Å². The summed E-state index contributed by atoms with van der Waals surface area (Å²) in [6.45, 7) is 1.91. The van der Waals surface area contributed by atoms with Crippen LogP contribution in [0.2, 0.25) is 0 Å². The Morgan fingerprint density at radius 2 is 2.07 bits per heavy atom. The quantitative estimate of drug-likeness (QED) is 0.573. The number of imidazole rings is 1. The van der Waals surface area contributed by atoms with Gasteiger partial charge in [-0.05, 0) is 6.92 Å². The molecule has 1 heterocycles. The highest BCUT2D eigenvalue weighted by Crippen LogP contribution is 2.13. The molecule has 0 aliphatic rings. The Bertz CT molecular complexity index is 394. The van der Waals surface area contributed by atoms with E-state index in [0.717, 1.165) is 17.3 Å². The van der Waals surface area contributed by atoms with E-state index in [1.54, 1.807) is 0 Å². The van der Waals surface area contributed by atoms with Crippen LogP contribution >= 0.6 is 0 Å². The molecule has 0 N–H and O–H groups in total. The third-order valence-corrected chi connectivity index (χ3v) is 2.64. The average molecular weight is 211 g/mol. The molecule has 0 unspecified atom stereocenters. The van der Waals surface area contributed by atoms with Crippen LogP contribution in [-0.4, -0.2) is 24.6 Å². The Morgan fingerprint density at radius 1 is 1.53 bits per heavy atom. The van der Waals surface area contributed by atoms with E-state index in [9.17, 15) is 9.90 Å². The van der Waals surface area contributed by atoms with Crippen molar-refractivity contribution >= 4 is 11.9 Å². The first-order valence-electron chi connectivity index (χ1n) is 4.77. The van der Waals surface area contributed by atoms with Gasteiger partial charge >= 0.3 is 5.95 Å². The predicted octanol–water partition coefficient (Wildman–Crippen LogP) is -1.48. The van der Waals surface area contributed by atoms with Crippen LogP contribution in [0.4, 0.5) is 5.95 Å². The molecule has 84 valence electrons. The molecular weight excluding hydrogens is 194 g/mol. The maximum absolute atomic E-state index is 10.6. The van der Waals surface area contributed by atoms with E-state index in [1.165, 1.54) is 0 Å². The van der Waals surface area contributed by atoms with Crippen LogP contribution in [0.3, 0.4) is 0 Å². The Morgan fingerprint density at radius 3 is 2.40 bits per heavy atom. The molecule has 0 saturated carbocycles. The van der Waals surface area contributed by atoms with Crippen molar-refractivity contribution in [3.63, 3.8) is 0 Å². The van der Waals surface area contributed by atoms with Gasteiger partial charge in [0, 0.05) is 12.4 Å². The Hall–Kier alpha value is -1.52. The minimum Gasteiger partial charge on any atom is -0.550 e. The first-order chi connectivity index (χ1) is 6.86. The highest BCUT2D eigenvalue weighted by atomic mass is 16.4. The summed E-state index contributed by atoms with van der Waals surface area (Å²) >= 11 is 0. The van der Waals surface area contributed by atoms with Gasteiger partial charge in [-0.25, -0.2) is 9.13 Å². The Balaban J connectivity index is 3.29. The van der Waals surface area contributed by atoms with E-state index in [2.05, 4.69) is 0 Å². The second kappa shape index (κ2) is 3.92. The summed E-state index contributed by atoms with van der Waals surface area (Å²) < 4.78 is 3.85. The van der Waals surface area contributed by atoms with Gasteiger partial charge in [0.25, 0.3) is 0 Å². The zero-order valence-electron chi connectivity index (χ0n) is 9.87. The summed E-state index contributed by atoms with van der Waals surface area (Å²) in [7, 11) is 7.64. The molecule has 1 aromatic heterocycles. The number of carboxylic acids is 1. The van der Waals surface area contributed by atoms with Gasteiger partial charge in [0.15, 0.2) is 0 Å². The first-order valence-corrected chi connectivity index (χ1v) is 4.77. The molecule has 0 radical (unpaired) electrons. The molecule has 1 rings (SSSR count). The molecule has 1 aromatic rings. The summed E-state index contributed by atoms with van der Waals surface area (Å²) in [5.74, 6) is -0.0895. The number of carbonyl (C=O) groups is 1. The lowest BCUT2D eigenvalue weighted by Gasteiger charge is -2.07. The Labute approximate surface area is 89.6 Å². The molecule has 0 saturated heterocycles. The summed E-state index contributed by atoms with van der Waals surface area (Å²) in [5.41, 5.74) is 1.73. The van der Waals surface area contributed by atoms with Gasteiger partial charge in [0.2, 0.25) is 0 Å². The fourth-order valence-electron chi connectivity index (χ4n) is 1.92. The molecule has 0 atom stereocenters.